The van der Waals surface area contributed by atoms with Gasteiger partial charge >= 0.3 is 0 Å². The van der Waals surface area contributed by atoms with Gasteiger partial charge in [-0.15, -0.1) is 0 Å². The lowest BCUT2D eigenvalue weighted by Crippen LogP contribution is -3.27. The zero-order valence-corrected chi connectivity index (χ0v) is 16.8. The van der Waals surface area contributed by atoms with Crippen LogP contribution >= 0.6 is 0 Å². The second-order valence-electron chi connectivity index (χ2n) is 8.28. The number of aromatic amines is 1. The maximum Gasteiger partial charge on any atom is 0.258 e. The van der Waals surface area contributed by atoms with Crippen molar-refractivity contribution in [2.24, 2.45) is 0 Å². The topological polar surface area (TPSA) is 54.6 Å². The minimum atomic E-state index is -0.0332. The Morgan fingerprint density at radius 2 is 1.57 bits per heavy atom. The number of nitrogens with one attached hydrogen (secondary N) is 3. The minimum absolute atomic E-state index is 0.0332. The van der Waals surface area contributed by atoms with E-state index >= 15 is 0 Å². The van der Waals surface area contributed by atoms with Crippen LogP contribution in [-0.4, -0.2) is 36.1 Å². The zero-order chi connectivity index (χ0) is 19.5. The Morgan fingerprint density at radius 1 is 0.929 bits per heavy atom. The summed E-state index contributed by atoms with van der Waals surface area (Å²) in [6.45, 7) is 10.9. The average Bonchev–Trinajstić information content (AvgIpc) is 2.70. The van der Waals surface area contributed by atoms with E-state index in [9.17, 15) is 4.79 Å². The average molecular weight is 379 g/mol. The molecule has 1 fully saturated rings. The van der Waals surface area contributed by atoms with Gasteiger partial charge in [-0.2, -0.15) is 0 Å². The Balaban J connectivity index is 1.33. The van der Waals surface area contributed by atoms with Crippen LogP contribution in [0.5, 0.6) is 0 Å². The first kappa shape index (κ1) is 18.8. The molecule has 3 aromatic rings. The first-order valence-corrected chi connectivity index (χ1v) is 10.3. The van der Waals surface area contributed by atoms with Crippen molar-refractivity contribution in [1.82, 2.24) is 9.97 Å². The number of quaternary nitrogens is 2. The summed E-state index contributed by atoms with van der Waals surface area (Å²) in [5, 5.41) is 0.666. The molecule has 146 valence electrons. The Labute approximate surface area is 166 Å². The zero-order valence-electron chi connectivity index (χ0n) is 16.8. The van der Waals surface area contributed by atoms with Crippen molar-refractivity contribution < 1.29 is 9.80 Å². The fourth-order valence-corrected chi connectivity index (χ4v) is 4.08. The molecule has 0 unspecified atom stereocenters. The summed E-state index contributed by atoms with van der Waals surface area (Å²) in [4.78, 5) is 23.0. The molecule has 4 rings (SSSR count). The number of piperazine rings is 1. The summed E-state index contributed by atoms with van der Waals surface area (Å²) >= 11 is 0. The Morgan fingerprint density at radius 3 is 2.25 bits per heavy atom. The molecule has 0 atom stereocenters. The molecule has 1 saturated heterocycles. The first-order chi connectivity index (χ1) is 13.6. The van der Waals surface area contributed by atoms with E-state index in [0.29, 0.717) is 11.3 Å². The summed E-state index contributed by atoms with van der Waals surface area (Å²) in [6, 6.07) is 16.6. The smallest absolute Gasteiger partial charge is 0.258 e. The number of H-pyrrole nitrogens is 1. The number of nitrogens with zero attached hydrogens (tertiary/aromatic N) is 1. The third-order valence-electron chi connectivity index (χ3n) is 5.84. The number of rotatable bonds is 5. The molecule has 2 heterocycles. The predicted octanol–water partition coefficient (Wildman–Crippen LogP) is 0.530. The molecule has 0 saturated carbocycles. The van der Waals surface area contributed by atoms with Gasteiger partial charge in [-0.1, -0.05) is 50.2 Å². The molecule has 0 spiro atoms. The van der Waals surface area contributed by atoms with E-state index in [-0.39, 0.29) is 5.56 Å². The van der Waals surface area contributed by atoms with Gasteiger partial charge in [0, 0.05) is 5.56 Å². The molecule has 0 bridgehead atoms. The van der Waals surface area contributed by atoms with Crippen LogP contribution in [0.1, 0.15) is 36.7 Å². The van der Waals surface area contributed by atoms with Crippen molar-refractivity contribution in [1.29, 1.82) is 0 Å². The molecule has 0 radical (unpaired) electrons. The molecule has 28 heavy (non-hydrogen) atoms. The summed E-state index contributed by atoms with van der Waals surface area (Å²) in [5.74, 6) is 1.38. The lowest BCUT2D eigenvalue weighted by Gasteiger charge is -2.29. The van der Waals surface area contributed by atoms with Crippen molar-refractivity contribution in [3.63, 3.8) is 0 Å². The molecular weight excluding hydrogens is 348 g/mol. The van der Waals surface area contributed by atoms with Gasteiger partial charge in [-0.3, -0.25) is 4.79 Å². The van der Waals surface area contributed by atoms with E-state index < -0.39 is 0 Å². The van der Waals surface area contributed by atoms with Gasteiger partial charge in [0.05, 0.1) is 10.9 Å². The molecule has 0 aliphatic carbocycles. The molecule has 2 aromatic carbocycles. The highest BCUT2D eigenvalue weighted by molar-refractivity contribution is 5.77. The van der Waals surface area contributed by atoms with Crippen molar-refractivity contribution in [2.75, 3.05) is 26.2 Å². The van der Waals surface area contributed by atoms with Crippen LogP contribution in [0.2, 0.25) is 0 Å². The maximum absolute atomic E-state index is 12.3. The highest BCUT2D eigenvalue weighted by Gasteiger charge is 2.24. The Bertz CT molecular complexity index is 985. The molecule has 3 N–H and O–H groups in total. The number of benzene rings is 2. The summed E-state index contributed by atoms with van der Waals surface area (Å²) in [5.41, 5.74) is 3.58. The van der Waals surface area contributed by atoms with Gasteiger partial charge in [0.2, 0.25) is 0 Å². The Hall–Kier alpha value is -2.50. The predicted molar refractivity (Wildman–Crippen MR) is 112 cm³/mol. The van der Waals surface area contributed by atoms with Gasteiger partial charge in [0.25, 0.3) is 5.56 Å². The van der Waals surface area contributed by atoms with Gasteiger partial charge < -0.3 is 14.8 Å². The van der Waals surface area contributed by atoms with E-state index in [0.717, 1.165) is 50.6 Å². The van der Waals surface area contributed by atoms with E-state index in [1.807, 2.05) is 24.3 Å². The van der Waals surface area contributed by atoms with Crippen molar-refractivity contribution in [3.05, 3.63) is 75.8 Å². The SMILES string of the molecule is CC(C)c1ccc(C[NH+]2CC[NH+](Cc3nc4ccccc4c(=O)[nH]3)CC2)cc1. The molecule has 5 heteroatoms. The van der Waals surface area contributed by atoms with Gasteiger partial charge in [0.15, 0.2) is 5.82 Å². The van der Waals surface area contributed by atoms with Crippen LogP contribution in [-0.2, 0) is 13.1 Å². The van der Waals surface area contributed by atoms with Crippen LogP contribution in [0.25, 0.3) is 10.9 Å². The molecule has 1 aliphatic rings. The van der Waals surface area contributed by atoms with Crippen LogP contribution < -0.4 is 15.4 Å². The highest BCUT2D eigenvalue weighted by atomic mass is 16.1. The minimum Gasteiger partial charge on any atom is -0.322 e. The molecule has 1 aliphatic heterocycles. The number of hydrogen-bond acceptors (Lipinski definition) is 2. The molecule has 5 nitrogen and oxygen atoms in total. The van der Waals surface area contributed by atoms with Gasteiger partial charge in [-0.05, 0) is 23.6 Å². The van der Waals surface area contributed by atoms with E-state index in [4.69, 9.17) is 0 Å². The lowest BCUT2D eigenvalue weighted by atomic mass is 10.0. The maximum atomic E-state index is 12.3. The van der Waals surface area contributed by atoms with Crippen LogP contribution in [0.4, 0.5) is 0 Å². The van der Waals surface area contributed by atoms with Gasteiger partial charge in [-0.25, -0.2) is 4.98 Å². The van der Waals surface area contributed by atoms with Crippen LogP contribution in [0.15, 0.2) is 53.3 Å². The second-order valence-corrected chi connectivity index (χ2v) is 8.28. The third-order valence-corrected chi connectivity index (χ3v) is 5.84. The quantitative estimate of drug-likeness (QED) is 0.607. The molecular formula is C23H30N4O+2. The number of hydrogen-bond donors (Lipinski definition) is 3. The number of para-hydroxylation sites is 1. The van der Waals surface area contributed by atoms with Crippen LogP contribution in [0.3, 0.4) is 0 Å². The number of fused-ring (bicyclic) bond motifs is 1. The number of aromatic nitrogens is 2. The van der Waals surface area contributed by atoms with Crippen molar-refractivity contribution >= 4 is 10.9 Å². The summed E-state index contributed by atoms with van der Waals surface area (Å²) < 4.78 is 0. The highest BCUT2D eigenvalue weighted by Crippen LogP contribution is 2.14. The molecule has 1 aromatic heterocycles. The fraction of sp³-hybridized carbons (Fsp3) is 0.391. The lowest BCUT2D eigenvalue weighted by molar-refractivity contribution is -1.02. The fourth-order valence-electron chi connectivity index (χ4n) is 4.08. The third kappa shape index (κ3) is 4.32. The first-order valence-electron chi connectivity index (χ1n) is 10.3. The monoisotopic (exact) mass is 378 g/mol. The van der Waals surface area contributed by atoms with E-state index in [2.05, 4.69) is 48.1 Å². The standard InChI is InChI=1S/C23H28N4O/c1-17(2)19-9-7-18(8-10-19)15-26-11-13-27(14-12-26)16-22-24-21-6-4-3-5-20(21)23(28)25-22/h3-10,17H,11-16H2,1-2H3,(H,24,25,28)/p+2. The second kappa shape index (κ2) is 8.25. The molecule has 0 amide bonds. The largest absolute Gasteiger partial charge is 0.322 e. The van der Waals surface area contributed by atoms with Crippen molar-refractivity contribution in [3.8, 4) is 0 Å². The Kier molecular flexibility index (Phi) is 5.55. The summed E-state index contributed by atoms with van der Waals surface area (Å²) in [6.07, 6.45) is 0. The van der Waals surface area contributed by atoms with Gasteiger partial charge in [0.1, 0.15) is 39.3 Å². The normalized spacial score (nSPS) is 20.0. The van der Waals surface area contributed by atoms with Crippen molar-refractivity contribution in [2.45, 2.75) is 32.9 Å². The van der Waals surface area contributed by atoms with E-state index in [1.165, 1.54) is 16.0 Å². The van der Waals surface area contributed by atoms with E-state index in [1.54, 1.807) is 4.90 Å². The van der Waals surface area contributed by atoms with Crippen LogP contribution in [0, 0.1) is 0 Å². The summed E-state index contributed by atoms with van der Waals surface area (Å²) in [7, 11) is 0.